The number of nitrogens with one attached hydrogen (secondary N) is 2. The SMILES string of the molecule is CCOC(CNC(=O)C(=O)NC[C@@H](c1ccco1)N1CCN(c2ccccc2)CC1)OCC. The van der Waals surface area contributed by atoms with E-state index in [1.807, 2.05) is 44.2 Å². The molecule has 2 heterocycles. The molecule has 180 valence electrons. The van der Waals surface area contributed by atoms with Gasteiger partial charge >= 0.3 is 11.8 Å². The first-order valence-corrected chi connectivity index (χ1v) is 11.5. The lowest BCUT2D eigenvalue weighted by molar-refractivity contribution is -0.146. The summed E-state index contributed by atoms with van der Waals surface area (Å²) >= 11 is 0. The maximum atomic E-state index is 12.4. The molecule has 0 saturated carbocycles. The van der Waals surface area contributed by atoms with E-state index in [9.17, 15) is 9.59 Å². The van der Waals surface area contributed by atoms with E-state index in [0.717, 1.165) is 31.9 Å². The van der Waals surface area contributed by atoms with Crippen LogP contribution in [0.15, 0.2) is 53.1 Å². The second-order valence-electron chi connectivity index (χ2n) is 7.65. The van der Waals surface area contributed by atoms with E-state index in [2.05, 4.69) is 32.6 Å². The van der Waals surface area contributed by atoms with Gasteiger partial charge in [-0.1, -0.05) is 18.2 Å². The Kier molecular flexibility index (Phi) is 9.74. The molecule has 2 N–H and O–H groups in total. The fourth-order valence-corrected chi connectivity index (χ4v) is 3.88. The van der Waals surface area contributed by atoms with Crippen molar-refractivity contribution in [2.75, 3.05) is 57.4 Å². The Morgan fingerprint density at radius 2 is 1.55 bits per heavy atom. The van der Waals surface area contributed by atoms with Crippen LogP contribution in [0.4, 0.5) is 5.69 Å². The van der Waals surface area contributed by atoms with Gasteiger partial charge in [0, 0.05) is 51.6 Å². The van der Waals surface area contributed by atoms with Gasteiger partial charge in [0.2, 0.25) is 0 Å². The van der Waals surface area contributed by atoms with Crippen molar-refractivity contribution in [3.63, 3.8) is 0 Å². The number of hydrogen-bond donors (Lipinski definition) is 2. The number of furan rings is 1. The van der Waals surface area contributed by atoms with Gasteiger partial charge in [0.15, 0.2) is 6.29 Å². The fourth-order valence-electron chi connectivity index (χ4n) is 3.88. The molecular formula is C24H34N4O5. The maximum Gasteiger partial charge on any atom is 0.309 e. The first-order valence-electron chi connectivity index (χ1n) is 11.5. The minimum atomic E-state index is -0.716. The summed E-state index contributed by atoms with van der Waals surface area (Å²) in [6, 6.07) is 13.9. The van der Waals surface area contributed by atoms with E-state index in [1.54, 1.807) is 6.26 Å². The highest BCUT2D eigenvalue weighted by Crippen LogP contribution is 2.24. The Hall–Kier alpha value is -2.88. The summed E-state index contributed by atoms with van der Waals surface area (Å²) in [6.07, 6.45) is 1.05. The van der Waals surface area contributed by atoms with Crippen LogP contribution in [0.25, 0.3) is 0 Å². The van der Waals surface area contributed by atoms with Gasteiger partial charge < -0.3 is 29.4 Å². The van der Waals surface area contributed by atoms with Gasteiger partial charge in [-0.2, -0.15) is 0 Å². The molecule has 2 aromatic rings. The van der Waals surface area contributed by atoms with E-state index < -0.39 is 18.1 Å². The first kappa shape index (κ1) is 24.8. The van der Waals surface area contributed by atoms with Crippen molar-refractivity contribution < 1.29 is 23.5 Å². The topological polar surface area (TPSA) is 96.3 Å². The number of carbonyl (C=O) groups is 2. The number of benzene rings is 1. The van der Waals surface area contributed by atoms with Crippen LogP contribution in [0.3, 0.4) is 0 Å². The largest absolute Gasteiger partial charge is 0.468 e. The van der Waals surface area contributed by atoms with Crippen LogP contribution in [-0.2, 0) is 19.1 Å². The first-order chi connectivity index (χ1) is 16.1. The highest BCUT2D eigenvalue weighted by atomic mass is 16.7. The number of carbonyl (C=O) groups excluding carboxylic acids is 2. The van der Waals surface area contributed by atoms with Crippen LogP contribution in [0, 0.1) is 0 Å². The third-order valence-electron chi connectivity index (χ3n) is 5.54. The average Bonchev–Trinajstić information content (AvgIpc) is 3.38. The summed E-state index contributed by atoms with van der Waals surface area (Å²) in [7, 11) is 0. The van der Waals surface area contributed by atoms with Crippen molar-refractivity contribution in [1.29, 1.82) is 0 Å². The van der Waals surface area contributed by atoms with Gasteiger partial charge in [-0.05, 0) is 38.1 Å². The smallest absolute Gasteiger partial charge is 0.309 e. The molecule has 1 aliphatic rings. The normalized spacial score (nSPS) is 15.4. The summed E-state index contributed by atoms with van der Waals surface area (Å²) < 4.78 is 16.4. The number of hydrogen-bond acceptors (Lipinski definition) is 7. The Balaban J connectivity index is 1.52. The van der Waals surface area contributed by atoms with Gasteiger partial charge in [-0.25, -0.2) is 0 Å². The lowest BCUT2D eigenvalue weighted by Crippen LogP contribution is -2.51. The highest BCUT2D eigenvalue weighted by molar-refractivity contribution is 6.35. The molecule has 0 radical (unpaired) electrons. The lowest BCUT2D eigenvalue weighted by atomic mass is 10.1. The molecule has 9 nitrogen and oxygen atoms in total. The Bertz CT molecular complexity index is 832. The van der Waals surface area contributed by atoms with Gasteiger partial charge in [0.25, 0.3) is 0 Å². The van der Waals surface area contributed by atoms with Crippen molar-refractivity contribution in [1.82, 2.24) is 15.5 Å². The average molecular weight is 459 g/mol. The van der Waals surface area contributed by atoms with E-state index in [4.69, 9.17) is 13.9 Å². The summed E-state index contributed by atoms with van der Waals surface area (Å²) in [5, 5.41) is 5.32. The maximum absolute atomic E-state index is 12.4. The number of amides is 2. The zero-order chi connectivity index (χ0) is 23.5. The van der Waals surface area contributed by atoms with E-state index >= 15 is 0 Å². The van der Waals surface area contributed by atoms with Gasteiger partial charge in [-0.15, -0.1) is 0 Å². The number of ether oxygens (including phenoxy) is 2. The molecule has 1 fully saturated rings. The van der Waals surface area contributed by atoms with E-state index in [1.165, 1.54) is 5.69 Å². The van der Waals surface area contributed by atoms with Crippen molar-refractivity contribution in [2.45, 2.75) is 26.2 Å². The number of rotatable bonds is 11. The predicted octanol–water partition coefficient (Wildman–Crippen LogP) is 1.77. The molecule has 0 aliphatic carbocycles. The molecule has 33 heavy (non-hydrogen) atoms. The molecule has 2 amide bonds. The van der Waals surface area contributed by atoms with Crippen LogP contribution in [-0.4, -0.2) is 75.5 Å². The van der Waals surface area contributed by atoms with E-state index in [-0.39, 0.29) is 19.1 Å². The summed E-state index contributed by atoms with van der Waals surface area (Å²) in [5.74, 6) is -0.649. The molecule has 0 bridgehead atoms. The number of anilines is 1. The molecular weight excluding hydrogens is 424 g/mol. The van der Waals surface area contributed by atoms with Crippen LogP contribution in [0.1, 0.15) is 25.6 Å². The third-order valence-corrected chi connectivity index (χ3v) is 5.54. The molecule has 0 spiro atoms. The number of para-hydroxylation sites is 1. The third kappa shape index (κ3) is 7.31. The van der Waals surface area contributed by atoms with Crippen LogP contribution < -0.4 is 15.5 Å². The second-order valence-corrected chi connectivity index (χ2v) is 7.65. The van der Waals surface area contributed by atoms with Crippen LogP contribution >= 0.6 is 0 Å². The minimum absolute atomic E-state index is 0.108. The van der Waals surface area contributed by atoms with Crippen molar-refractivity contribution >= 4 is 17.5 Å². The standard InChI is InChI=1S/C24H34N4O5/c1-3-31-22(32-4-2)18-26-24(30)23(29)25-17-20(21-11-8-16-33-21)28-14-12-27(13-15-28)19-9-6-5-7-10-19/h5-11,16,20,22H,3-4,12-15,17-18H2,1-2H3,(H,25,29)(H,26,30)/t20-/m0/s1. The predicted molar refractivity (Wildman–Crippen MR) is 125 cm³/mol. The zero-order valence-electron chi connectivity index (χ0n) is 19.4. The second kappa shape index (κ2) is 13.0. The molecule has 3 rings (SSSR count). The van der Waals surface area contributed by atoms with E-state index in [0.29, 0.717) is 13.2 Å². The quantitative estimate of drug-likeness (QED) is 0.391. The van der Waals surface area contributed by atoms with Gasteiger partial charge in [0.1, 0.15) is 5.76 Å². The Morgan fingerprint density at radius 3 is 2.12 bits per heavy atom. The summed E-state index contributed by atoms with van der Waals surface area (Å²) in [6.45, 7) is 8.33. The molecule has 0 unspecified atom stereocenters. The molecule has 9 heteroatoms. The minimum Gasteiger partial charge on any atom is -0.468 e. The van der Waals surface area contributed by atoms with Crippen molar-refractivity contribution in [3.05, 3.63) is 54.5 Å². The summed E-state index contributed by atoms with van der Waals surface area (Å²) in [4.78, 5) is 29.3. The van der Waals surface area contributed by atoms with Crippen molar-refractivity contribution in [2.24, 2.45) is 0 Å². The molecule has 1 aromatic carbocycles. The van der Waals surface area contributed by atoms with Crippen molar-refractivity contribution in [3.8, 4) is 0 Å². The van der Waals surface area contributed by atoms with Gasteiger partial charge in [0.05, 0.1) is 18.8 Å². The lowest BCUT2D eigenvalue weighted by Gasteiger charge is -2.39. The van der Waals surface area contributed by atoms with Gasteiger partial charge in [-0.3, -0.25) is 14.5 Å². The summed E-state index contributed by atoms with van der Waals surface area (Å²) in [5.41, 5.74) is 1.20. The molecule has 1 aliphatic heterocycles. The highest BCUT2D eigenvalue weighted by Gasteiger charge is 2.28. The Morgan fingerprint density at radius 1 is 0.909 bits per heavy atom. The molecule has 1 atom stereocenters. The molecule has 1 saturated heterocycles. The van der Waals surface area contributed by atoms with Crippen LogP contribution in [0.2, 0.25) is 0 Å². The number of piperazine rings is 1. The Labute approximate surface area is 195 Å². The zero-order valence-corrected chi connectivity index (χ0v) is 19.4. The van der Waals surface area contributed by atoms with Crippen LogP contribution in [0.5, 0.6) is 0 Å². The number of nitrogens with zero attached hydrogens (tertiary/aromatic N) is 2. The molecule has 1 aromatic heterocycles. The fraction of sp³-hybridized carbons (Fsp3) is 0.500. The monoisotopic (exact) mass is 458 g/mol.